The third kappa shape index (κ3) is 1.57. The van der Waals surface area contributed by atoms with Crippen LogP contribution in [0.3, 0.4) is 0 Å². The van der Waals surface area contributed by atoms with Crippen molar-refractivity contribution in [3.8, 4) is 0 Å². The van der Waals surface area contributed by atoms with Crippen LogP contribution in [0.2, 0.25) is 0 Å². The number of fused-ring (bicyclic) bond motifs is 3. The molecule has 0 saturated carbocycles. The lowest BCUT2D eigenvalue weighted by molar-refractivity contribution is 0.903. The molecule has 0 radical (unpaired) electrons. The largest absolute Gasteiger partial charge is 0.0836 e. The molecule has 0 atom stereocenters. The molecule has 0 N–H and O–H groups in total. The maximum atomic E-state index is 2.46. The van der Waals surface area contributed by atoms with E-state index in [0.717, 1.165) is 0 Å². The Hall–Kier alpha value is -0.570. The molecule has 0 spiro atoms. The van der Waals surface area contributed by atoms with E-state index < -0.39 is 0 Å². The molecule has 0 nitrogen and oxygen atoms in total. The van der Waals surface area contributed by atoms with Crippen LogP contribution in [0.5, 0.6) is 0 Å². The molecule has 1 aromatic rings. The SMILES string of the molecule is Ic1cc2c(c3c1C=CCC3)CCC=C2. The Morgan fingerprint density at radius 1 is 0.933 bits per heavy atom. The highest BCUT2D eigenvalue weighted by molar-refractivity contribution is 14.1. The fourth-order valence-electron chi connectivity index (χ4n) is 2.56. The molecule has 2 aliphatic rings. The minimum atomic E-state index is 1.21. The van der Waals surface area contributed by atoms with E-state index in [1.54, 1.807) is 11.1 Å². The van der Waals surface area contributed by atoms with Gasteiger partial charge in [0.25, 0.3) is 0 Å². The third-order valence-electron chi connectivity index (χ3n) is 3.28. The average molecular weight is 308 g/mol. The van der Waals surface area contributed by atoms with Gasteiger partial charge >= 0.3 is 0 Å². The Bertz CT molecular complexity index is 467. The summed E-state index contributed by atoms with van der Waals surface area (Å²) in [4.78, 5) is 0. The first-order chi connectivity index (χ1) is 7.36. The van der Waals surface area contributed by atoms with Crippen LogP contribution in [0, 0.1) is 3.57 Å². The van der Waals surface area contributed by atoms with Crippen molar-refractivity contribution in [2.24, 2.45) is 0 Å². The summed E-state index contributed by atoms with van der Waals surface area (Å²) in [5.74, 6) is 0. The van der Waals surface area contributed by atoms with Crippen molar-refractivity contribution in [2.45, 2.75) is 25.7 Å². The summed E-state index contributed by atoms with van der Waals surface area (Å²) in [5.41, 5.74) is 6.16. The lowest BCUT2D eigenvalue weighted by Crippen LogP contribution is -2.07. The summed E-state index contributed by atoms with van der Waals surface area (Å²) in [6.07, 6.45) is 14.1. The smallest absolute Gasteiger partial charge is 0.0211 e. The van der Waals surface area contributed by atoms with Crippen LogP contribution >= 0.6 is 22.6 Å². The molecule has 0 saturated heterocycles. The molecule has 15 heavy (non-hydrogen) atoms. The molecule has 0 unspecified atom stereocenters. The van der Waals surface area contributed by atoms with Gasteiger partial charge in [-0.2, -0.15) is 0 Å². The zero-order valence-corrected chi connectivity index (χ0v) is 10.8. The van der Waals surface area contributed by atoms with E-state index in [-0.39, 0.29) is 0 Å². The van der Waals surface area contributed by atoms with Gasteiger partial charge in [0, 0.05) is 3.57 Å². The van der Waals surface area contributed by atoms with Gasteiger partial charge in [-0.25, -0.2) is 0 Å². The molecule has 0 fully saturated rings. The van der Waals surface area contributed by atoms with Crippen LogP contribution in [-0.2, 0) is 12.8 Å². The van der Waals surface area contributed by atoms with E-state index in [4.69, 9.17) is 0 Å². The first kappa shape index (κ1) is 9.64. The number of hydrogen-bond acceptors (Lipinski definition) is 0. The Labute approximate surface area is 104 Å². The van der Waals surface area contributed by atoms with Gasteiger partial charge in [0.15, 0.2) is 0 Å². The van der Waals surface area contributed by atoms with Crippen molar-refractivity contribution in [2.75, 3.05) is 0 Å². The zero-order valence-electron chi connectivity index (χ0n) is 8.59. The highest BCUT2D eigenvalue weighted by atomic mass is 127. The maximum Gasteiger partial charge on any atom is 0.0211 e. The Morgan fingerprint density at radius 2 is 1.67 bits per heavy atom. The van der Waals surface area contributed by atoms with Crippen molar-refractivity contribution in [3.63, 3.8) is 0 Å². The molecular formula is C14H13I. The summed E-state index contributed by atoms with van der Waals surface area (Å²) in [7, 11) is 0. The van der Waals surface area contributed by atoms with Crippen LogP contribution in [-0.4, -0.2) is 0 Å². The van der Waals surface area contributed by atoms with Gasteiger partial charge in [0.2, 0.25) is 0 Å². The van der Waals surface area contributed by atoms with Crippen molar-refractivity contribution in [3.05, 3.63) is 44.0 Å². The molecule has 0 aromatic heterocycles. The van der Waals surface area contributed by atoms with Crippen molar-refractivity contribution < 1.29 is 0 Å². The molecule has 0 heterocycles. The minimum absolute atomic E-state index is 1.21. The Kier molecular flexibility index (Phi) is 2.43. The van der Waals surface area contributed by atoms with Crippen molar-refractivity contribution in [1.82, 2.24) is 0 Å². The second kappa shape index (κ2) is 3.78. The van der Waals surface area contributed by atoms with Crippen molar-refractivity contribution in [1.29, 1.82) is 0 Å². The first-order valence-electron chi connectivity index (χ1n) is 5.53. The molecule has 2 aliphatic carbocycles. The van der Waals surface area contributed by atoms with E-state index in [9.17, 15) is 0 Å². The zero-order chi connectivity index (χ0) is 10.3. The standard InChI is InChI=1S/C14H13I/c15-14-9-10-5-1-2-6-11(10)12-7-3-4-8-13(12)14/h1,4-5,8-9H,2-3,6-7H2. The molecule has 0 aliphatic heterocycles. The lowest BCUT2D eigenvalue weighted by atomic mass is 9.85. The van der Waals surface area contributed by atoms with Gasteiger partial charge in [0.05, 0.1) is 0 Å². The molecule has 1 aromatic carbocycles. The van der Waals surface area contributed by atoms with Gasteiger partial charge < -0.3 is 0 Å². The summed E-state index contributed by atoms with van der Waals surface area (Å²) >= 11 is 2.46. The normalized spacial score (nSPS) is 17.4. The summed E-state index contributed by atoms with van der Waals surface area (Å²) in [6.45, 7) is 0. The highest BCUT2D eigenvalue weighted by Crippen LogP contribution is 2.33. The molecule has 3 rings (SSSR count). The summed E-state index contributed by atoms with van der Waals surface area (Å²) < 4.78 is 1.41. The van der Waals surface area contributed by atoms with Gasteiger partial charge in [-0.15, -0.1) is 0 Å². The maximum absolute atomic E-state index is 2.46. The fraction of sp³-hybridized carbons (Fsp3) is 0.286. The fourth-order valence-corrected chi connectivity index (χ4v) is 3.40. The van der Waals surface area contributed by atoms with E-state index >= 15 is 0 Å². The Balaban J connectivity index is 2.29. The first-order valence-corrected chi connectivity index (χ1v) is 6.61. The molecule has 0 bridgehead atoms. The molecule has 76 valence electrons. The van der Waals surface area contributed by atoms with Crippen LogP contribution in [0.4, 0.5) is 0 Å². The monoisotopic (exact) mass is 308 g/mol. The van der Waals surface area contributed by atoms with Gasteiger partial charge in [-0.1, -0.05) is 24.3 Å². The topological polar surface area (TPSA) is 0 Å². The minimum Gasteiger partial charge on any atom is -0.0836 e. The molecule has 1 heteroatoms. The average Bonchev–Trinajstić information content (AvgIpc) is 2.30. The second-order valence-corrected chi connectivity index (χ2v) is 5.36. The Morgan fingerprint density at radius 3 is 2.53 bits per heavy atom. The predicted octanol–water partition coefficient (Wildman–Crippen LogP) is 4.21. The number of allylic oxidation sites excluding steroid dienone is 2. The summed E-state index contributed by atoms with van der Waals surface area (Å²) in [5, 5.41) is 0. The van der Waals surface area contributed by atoms with Gasteiger partial charge in [0.1, 0.15) is 0 Å². The quantitative estimate of drug-likeness (QED) is 0.630. The predicted molar refractivity (Wildman–Crippen MR) is 73.9 cm³/mol. The summed E-state index contributed by atoms with van der Waals surface area (Å²) in [6, 6.07) is 2.33. The second-order valence-electron chi connectivity index (χ2n) is 4.20. The number of halogens is 1. The van der Waals surface area contributed by atoms with Gasteiger partial charge in [-0.05, 0) is 76.6 Å². The van der Waals surface area contributed by atoms with E-state index in [0.29, 0.717) is 0 Å². The van der Waals surface area contributed by atoms with Crippen LogP contribution in [0.25, 0.3) is 12.2 Å². The van der Waals surface area contributed by atoms with Crippen molar-refractivity contribution >= 4 is 34.7 Å². The number of hydrogen-bond donors (Lipinski definition) is 0. The highest BCUT2D eigenvalue weighted by Gasteiger charge is 2.16. The van der Waals surface area contributed by atoms with Gasteiger partial charge in [-0.3, -0.25) is 0 Å². The lowest BCUT2D eigenvalue weighted by Gasteiger charge is -2.21. The number of rotatable bonds is 0. The molecular weight excluding hydrogens is 295 g/mol. The van der Waals surface area contributed by atoms with Crippen LogP contribution in [0.15, 0.2) is 18.2 Å². The van der Waals surface area contributed by atoms with Crippen LogP contribution < -0.4 is 0 Å². The molecule has 0 amide bonds. The van der Waals surface area contributed by atoms with E-state index in [1.165, 1.54) is 40.4 Å². The van der Waals surface area contributed by atoms with Crippen LogP contribution in [0.1, 0.15) is 35.1 Å². The van der Waals surface area contributed by atoms with E-state index in [2.05, 4.69) is 53.0 Å². The van der Waals surface area contributed by atoms with E-state index in [1.807, 2.05) is 0 Å². The number of benzene rings is 1. The third-order valence-corrected chi connectivity index (χ3v) is 4.17.